The lowest BCUT2D eigenvalue weighted by atomic mass is 9.83. The fourth-order valence-electron chi connectivity index (χ4n) is 4.67. The van der Waals surface area contributed by atoms with Crippen LogP contribution in [0.25, 0.3) is 0 Å². The number of anilines is 1. The molecule has 2 aromatic carbocycles. The first kappa shape index (κ1) is 23.2. The summed E-state index contributed by atoms with van der Waals surface area (Å²) in [5.41, 5.74) is 1.50. The monoisotopic (exact) mass is 484 g/mol. The van der Waals surface area contributed by atoms with Crippen LogP contribution in [-0.2, 0) is 18.4 Å². The summed E-state index contributed by atoms with van der Waals surface area (Å²) in [5, 5.41) is 13.8. The summed E-state index contributed by atoms with van der Waals surface area (Å²) in [6.07, 6.45) is 2.43. The molecule has 2 fully saturated rings. The van der Waals surface area contributed by atoms with Crippen molar-refractivity contribution in [3.63, 3.8) is 0 Å². The fourth-order valence-corrected chi connectivity index (χ4v) is 4.67. The predicted octanol–water partition coefficient (Wildman–Crippen LogP) is 3.64. The number of hydrogen-bond acceptors (Lipinski definition) is 6. The summed E-state index contributed by atoms with van der Waals surface area (Å²) >= 11 is 0. The molecule has 3 aromatic rings. The van der Waals surface area contributed by atoms with Crippen molar-refractivity contribution < 1.29 is 23.0 Å². The number of aryl methyl sites for hydroxylation is 1. The fraction of sp³-hybridized carbons (Fsp3) is 0.417. The van der Waals surface area contributed by atoms with Crippen molar-refractivity contribution in [1.82, 2.24) is 25.1 Å². The number of urea groups is 1. The highest BCUT2D eigenvalue weighted by molar-refractivity contribution is 5.87. The smallest absolute Gasteiger partial charge is 0.324 e. The zero-order valence-corrected chi connectivity index (χ0v) is 19.3. The van der Waals surface area contributed by atoms with Gasteiger partial charge in [-0.05, 0) is 65.1 Å². The molecule has 0 radical (unpaired) electrons. The number of likely N-dealkylation sites (tertiary alicyclic amines) is 1. The number of hydrogen-bond donors (Lipinski definition) is 1. The standard InChI is InChI=1S/C24H26F2N6O3/c1-31-22(28-29-30-31)27-23(33)32-10-8-24(9-11-32)13-18(15-35-24)17-3-5-19(6-4-17)34-14-16-2-7-20(25)21(26)12-16/h2-7,12,18H,8-11,13-15H2,1H3,(H,27,28,30,33). The lowest BCUT2D eigenvalue weighted by Crippen LogP contribution is -2.48. The first-order valence-electron chi connectivity index (χ1n) is 11.5. The van der Waals surface area contributed by atoms with E-state index in [0.717, 1.165) is 37.0 Å². The molecule has 1 spiro atoms. The summed E-state index contributed by atoms with van der Waals surface area (Å²) in [7, 11) is 1.67. The third kappa shape index (κ3) is 5.09. The number of rotatable bonds is 5. The molecule has 2 amide bonds. The lowest BCUT2D eigenvalue weighted by Gasteiger charge is -2.38. The molecule has 0 bridgehead atoms. The third-order valence-corrected chi connectivity index (χ3v) is 6.75. The van der Waals surface area contributed by atoms with E-state index < -0.39 is 11.6 Å². The molecule has 2 aliphatic rings. The summed E-state index contributed by atoms with van der Waals surface area (Å²) in [6, 6.07) is 11.3. The molecule has 1 atom stereocenters. The SMILES string of the molecule is Cn1nnnc1NC(=O)N1CCC2(CC1)CC(c1ccc(OCc3ccc(F)c(F)c3)cc1)CO2. The molecule has 1 unspecified atom stereocenters. The van der Waals surface area contributed by atoms with Gasteiger partial charge in [0, 0.05) is 26.1 Å². The second kappa shape index (κ2) is 9.57. The van der Waals surface area contributed by atoms with E-state index in [4.69, 9.17) is 9.47 Å². The van der Waals surface area contributed by atoms with Gasteiger partial charge in [0.15, 0.2) is 11.6 Å². The highest BCUT2D eigenvalue weighted by atomic mass is 19.2. The van der Waals surface area contributed by atoms with Gasteiger partial charge in [0.2, 0.25) is 0 Å². The van der Waals surface area contributed by atoms with Gasteiger partial charge in [-0.25, -0.2) is 18.3 Å². The molecule has 9 nitrogen and oxygen atoms in total. The summed E-state index contributed by atoms with van der Waals surface area (Å²) in [5.74, 6) is -0.525. The van der Waals surface area contributed by atoms with Gasteiger partial charge in [0.1, 0.15) is 12.4 Å². The van der Waals surface area contributed by atoms with Crippen LogP contribution in [0.1, 0.15) is 36.3 Å². The maximum absolute atomic E-state index is 13.4. The molecule has 5 rings (SSSR count). The van der Waals surface area contributed by atoms with Crippen LogP contribution in [0.5, 0.6) is 5.75 Å². The number of halogens is 2. The number of piperidine rings is 1. The van der Waals surface area contributed by atoms with Crippen LogP contribution in [0.15, 0.2) is 42.5 Å². The molecule has 184 valence electrons. The highest BCUT2D eigenvalue weighted by Crippen LogP contribution is 2.43. The normalized spacial score (nSPS) is 19.2. The van der Waals surface area contributed by atoms with Gasteiger partial charge in [-0.15, -0.1) is 0 Å². The molecule has 2 aliphatic heterocycles. The number of tetrazole rings is 1. The van der Waals surface area contributed by atoms with Crippen molar-refractivity contribution in [2.24, 2.45) is 7.05 Å². The van der Waals surface area contributed by atoms with Crippen molar-refractivity contribution in [2.45, 2.75) is 37.4 Å². The first-order valence-corrected chi connectivity index (χ1v) is 11.5. The van der Waals surface area contributed by atoms with Gasteiger partial charge in [0.25, 0.3) is 5.95 Å². The number of aromatic nitrogens is 4. The number of carbonyl (C=O) groups is 1. The highest BCUT2D eigenvalue weighted by Gasteiger charge is 2.43. The summed E-state index contributed by atoms with van der Waals surface area (Å²) < 4.78 is 39.8. The molecule has 0 saturated carbocycles. The van der Waals surface area contributed by atoms with E-state index in [0.29, 0.717) is 37.0 Å². The first-order chi connectivity index (χ1) is 16.9. The Bertz CT molecular complexity index is 1190. The van der Waals surface area contributed by atoms with Gasteiger partial charge in [0.05, 0.1) is 12.2 Å². The number of ether oxygens (including phenoxy) is 2. The zero-order valence-electron chi connectivity index (χ0n) is 19.3. The summed E-state index contributed by atoms with van der Waals surface area (Å²) in [6.45, 7) is 1.98. The van der Waals surface area contributed by atoms with Crippen LogP contribution < -0.4 is 10.1 Å². The molecule has 1 N–H and O–H groups in total. The molecule has 1 aromatic heterocycles. The largest absolute Gasteiger partial charge is 0.489 e. The van der Waals surface area contributed by atoms with Crippen molar-refractivity contribution >= 4 is 12.0 Å². The van der Waals surface area contributed by atoms with Crippen LogP contribution in [0.3, 0.4) is 0 Å². The van der Waals surface area contributed by atoms with Gasteiger partial charge >= 0.3 is 6.03 Å². The minimum absolute atomic E-state index is 0.156. The zero-order chi connectivity index (χ0) is 24.4. The Kier molecular flexibility index (Phi) is 6.33. The van der Waals surface area contributed by atoms with Gasteiger partial charge < -0.3 is 14.4 Å². The van der Waals surface area contributed by atoms with Crippen molar-refractivity contribution in [3.05, 3.63) is 65.2 Å². The van der Waals surface area contributed by atoms with E-state index in [-0.39, 0.29) is 24.2 Å². The Hall–Kier alpha value is -3.60. The van der Waals surface area contributed by atoms with Crippen molar-refractivity contribution in [2.75, 3.05) is 25.0 Å². The number of amides is 2. The maximum Gasteiger partial charge on any atom is 0.324 e. The van der Waals surface area contributed by atoms with Crippen molar-refractivity contribution in [3.8, 4) is 5.75 Å². The topological polar surface area (TPSA) is 94.4 Å². The van der Waals surface area contributed by atoms with E-state index in [1.54, 1.807) is 11.9 Å². The van der Waals surface area contributed by atoms with Crippen LogP contribution in [0, 0.1) is 11.6 Å². The maximum atomic E-state index is 13.4. The van der Waals surface area contributed by atoms with Gasteiger partial charge in [-0.3, -0.25) is 5.32 Å². The number of nitrogens with one attached hydrogen (secondary N) is 1. The van der Waals surface area contributed by atoms with Gasteiger partial charge in [-0.1, -0.05) is 23.3 Å². The van der Waals surface area contributed by atoms with Crippen LogP contribution in [0.4, 0.5) is 19.5 Å². The second-order valence-electron chi connectivity index (χ2n) is 9.04. The van der Waals surface area contributed by atoms with Crippen LogP contribution >= 0.6 is 0 Å². The van der Waals surface area contributed by atoms with E-state index in [1.165, 1.54) is 10.7 Å². The van der Waals surface area contributed by atoms with Crippen LogP contribution in [0.2, 0.25) is 0 Å². The lowest BCUT2D eigenvalue weighted by molar-refractivity contribution is -0.0355. The van der Waals surface area contributed by atoms with Gasteiger partial charge in [-0.2, -0.15) is 0 Å². The number of carbonyl (C=O) groups excluding carboxylic acids is 1. The number of nitrogens with zero attached hydrogens (tertiary/aromatic N) is 5. The second-order valence-corrected chi connectivity index (χ2v) is 9.04. The minimum Gasteiger partial charge on any atom is -0.489 e. The molecule has 35 heavy (non-hydrogen) atoms. The summed E-state index contributed by atoms with van der Waals surface area (Å²) in [4.78, 5) is 14.3. The molecular weight excluding hydrogens is 458 g/mol. The molecular formula is C24H26F2N6O3. The predicted molar refractivity (Wildman–Crippen MR) is 122 cm³/mol. The molecule has 11 heteroatoms. The Morgan fingerprint density at radius 2 is 1.94 bits per heavy atom. The minimum atomic E-state index is -0.884. The van der Waals surface area contributed by atoms with E-state index in [2.05, 4.69) is 20.8 Å². The number of benzene rings is 2. The average molecular weight is 485 g/mol. The Balaban J connectivity index is 1.12. The van der Waals surface area contributed by atoms with E-state index in [9.17, 15) is 13.6 Å². The van der Waals surface area contributed by atoms with E-state index >= 15 is 0 Å². The Labute approximate surface area is 201 Å². The molecule has 3 heterocycles. The third-order valence-electron chi connectivity index (χ3n) is 6.75. The molecule has 2 saturated heterocycles. The average Bonchev–Trinajstić information content (AvgIpc) is 3.47. The van der Waals surface area contributed by atoms with Crippen molar-refractivity contribution in [1.29, 1.82) is 0 Å². The van der Waals surface area contributed by atoms with Crippen LogP contribution in [-0.4, -0.2) is 56.4 Å². The quantitative estimate of drug-likeness (QED) is 0.594. The molecule has 0 aliphatic carbocycles. The Morgan fingerprint density at radius 3 is 2.63 bits per heavy atom. The Morgan fingerprint density at radius 1 is 1.17 bits per heavy atom. The van der Waals surface area contributed by atoms with E-state index in [1.807, 2.05) is 24.3 Å².